The Bertz CT molecular complexity index is 2510. The molecule has 2 spiro atoms. The minimum absolute atomic E-state index is 0.0730. The molecule has 2 unspecified atom stereocenters. The van der Waals surface area contributed by atoms with Crippen molar-refractivity contribution in [2.45, 2.75) is 279 Å². The van der Waals surface area contributed by atoms with Gasteiger partial charge in [0.25, 0.3) is 0 Å². The van der Waals surface area contributed by atoms with Crippen molar-refractivity contribution < 1.29 is 58.1 Å². The number of piperidine rings is 2. The van der Waals surface area contributed by atoms with Gasteiger partial charge in [-0.1, -0.05) is 194 Å². The molecule has 10 rings (SSSR count). The van der Waals surface area contributed by atoms with Crippen molar-refractivity contribution in [1.82, 2.24) is 9.80 Å². The van der Waals surface area contributed by atoms with Crippen LogP contribution < -0.4 is 14.2 Å². The monoisotopic (exact) mass is 1290 g/mol. The number of unbranched alkanes of at least 4 members (excludes halogenated alkanes) is 22. The van der Waals surface area contributed by atoms with Crippen LogP contribution in [0.5, 0.6) is 23.0 Å². The van der Waals surface area contributed by atoms with Crippen molar-refractivity contribution in [3.8, 4) is 23.0 Å². The summed E-state index contributed by atoms with van der Waals surface area (Å²) in [6.45, 7) is 21.8. The smallest absolute Gasteiger partial charge is 0.504 e. The van der Waals surface area contributed by atoms with Crippen LogP contribution in [-0.2, 0) is 42.6 Å². The van der Waals surface area contributed by atoms with Crippen molar-refractivity contribution in [1.29, 1.82) is 0 Å². The fourth-order valence-electron chi connectivity index (χ4n) is 16.4. The van der Waals surface area contributed by atoms with E-state index in [2.05, 4.69) is 61.5 Å². The zero-order valence-corrected chi connectivity index (χ0v) is 54.8. The normalized spacial score (nSPS) is 27.0. The number of aliphatic hydroxyl groups is 2. The lowest BCUT2D eigenvalue weighted by molar-refractivity contribution is -0.173. The topological polar surface area (TPSA) is 166 Å². The van der Waals surface area contributed by atoms with E-state index >= 15 is 0 Å². The van der Waals surface area contributed by atoms with Gasteiger partial charge >= 0.3 is 12.3 Å². The Labute approximate surface area is 524 Å². The molecule has 2 saturated carbocycles. The third kappa shape index (κ3) is 14.6. The summed E-state index contributed by atoms with van der Waals surface area (Å²) >= 11 is 1.98. The molecule has 4 fully saturated rings. The Morgan fingerprint density at radius 3 is 1.39 bits per heavy atom. The lowest BCUT2D eigenvalue weighted by Gasteiger charge is -2.63. The molecule has 8 aliphatic rings. The highest BCUT2D eigenvalue weighted by atomic mass is 127. The Kier molecular flexibility index (Phi) is 25.4. The summed E-state index contributed by atoms with van der Waals surface area (Å²) in [5.74, 6) is 2.00. The first-order valence-electron chi connectivity index (χ1n) is 33.7. The number of aromatic hydroxyl groups is 1. The average Bonchev–Trinajstić information content (AvgIpc) is 2.34. The van der Waals surface area contributed by atoms with Gasteiger partial charge in [-0.15, -0.1) is 0 Å². The molecule has 85 heavy (non-hydrogen) atoms. The maximum absolute atomic E-state index is 12.3. The van der Waals surface area contributed by atoms with Crippen LogP contribution >= 0.6 is 22.6 Å². The number of rotatable bonds is 32. The molecule has 3 N–H and O–H groups in total. The molecule has 4 bridgehead atoms. The fraction of sp³-hybridized carbons (Fsp3) is 0.743. The summed E-state index contributed by atoms with van der Waals surface area (Å²) in [4.78, 5) is 27.9. The van der Waals surface area contributed by atoms with Crippen molar-refractivity contribution in [3.63, 3.8) is 0 Å². The molecule has 2 aromatic carbocycles. The van der Waals surface area contributed by atoms with Gasteiger partial charge in [0.1, 0.15) is 16.8 Å². The zero-order chi connectivity index (χ0) is 60.5. The van der Waals surface area contributed by atoms with Gasteiger partial charge in [0.05, 0.1) is 35.2 Å². The molecular weight excluding hydrogens is 1190 g/mol. The van der Waals surface area contributed by atoms with Crippen LogP contribution in [0.15, 0.2) is 48.6 Å². The molecule has 2 saturated heterocycles. The molecule has 8 atom stereocenters. The zero-order valence-electron chi connectivity index (χ0n) is 52.6. The highest BCUT2D eigenvalue weighted by molar-refractivity contribution is 14.1. The van der Waals surface area contributed by atoms with Crippen molar-refractivity contribution >= 4 is 34.9 Å². The molecule has 4 heterocycles. The first-order valence-corrected chi connectivity index (χ1v) is 35.2. The molecule has 0 amide bonds. The van der Waals surface area contributed by atoms with E-state index in [0.717, 1.165) is 119 Å². The number of carbonyl (C=O) groups excluding carboxylic acids is 2. The Morgan fingerprint density at radius 2 is 0.953 bits per heavy atom. The number of hydrogen-bond donors (Lipinski definition) is 3. The second-order valence-electron chi connectivity index (χ2n) is 25.8. The van der Waals surface area contributed by atoms with Crippen molar-refractivity contribution in [2.75, 3.05) is 50.8 Å². The minimum Gasteiger partial charge on any atom is -0.504 e. The van der Waals surface area contributed by atoms with Gasteiger partial charge in [0.2, 0.25) is 6.79 Å². The van der Waals surface area contributed by atoms with E-state index in [1.54, 1.807) is 6.07 Å². The number of hydrogen-bond acceptors (Lipinski definition) is 14. The second-order valence-corrected chi connectivity index (χ2v) is 26.4. The molecule has 4 aliphatic heterocycles. The predicted octanol–water partition coefficient (Wildman–Crippen LogP) is 16.0. The second kappa shape index (κ2) is 32.1. The number of nitrogens with zero attached hydrogens (tertiary/aromatic N) is 2. The number of carbonyl (C=O) groups is 2. The minimum atomic E-state index is -0.863. The maximum atomic E-state index is 12.3. The summed E-state index contributed by atoms with van der Waals surface area (Å²) in [6, 6.07) is 7.96. The van der Waals surface area contributed by atoms with Gasteiger partial charge in [0, 0.05) is 23.2 Å². The standard InChI is InChI=1S/C35H53NO6.C19H23NO3.C16H31IO3/c1-4-6-7-8-9-10-11-12-13-14-15-16-23-39-33(37)41-25-40-28-18-17-27-24-29-35(38)20-19-26(3)32-34(35,21-22-36(29)5-2)30(27)31(28)42-32;1-3-20-9-8-18-15-12-4-5-13(21)16(15)23-17(18)11(2)6-7-19(18,22)14(20)10-12;1-2-3-4-5-6-7-8-9-10-11-12-13-14-19-16(18)20-15-17/h17-18,29,32,38H,3-16,19-25H2,1-2H3;4-5,14,17,21-22H,2-3,6-10H2,1H3;2-15H2,1H3/t29?,32-,34-,35+;14?,17-,18-,19+;/m00./s1. The van der Waals surface area contributed by atoms with E-state index in [1.807, 2.05) is 34.7 Å². The largest absolute Gasteiger partial charge is 0.511 e. The van der Waals surface area contributed by atoms with E-state index in [4.69, 9.17) is 28.4 Å². The summed E-state index contributed by atoms with van der Waals surface area (Å²) in [5, 5.41) is 34.5. The van der Waals surface area contributed by atoms with E-state index in [1.165, 1.54) is 140 Å². The molecule has 0 radical (unpaired) electrons. The first-order chi connectivity index (χ1) is 41.3. The predicted molar refractivity (Wildman–Crippen MR) is 344 cm³/mol. The van der Waals surface area contributed by atoms with E-state index < -0.39 is 34.3 Å². The van der Waals surface area contributed by atoms with Crippen LogP contribution in [0.3, 0.4) is 0 Å². The Balaban J connectivity index is 0.000000184. The van der Waals surface area contributed by atoms with Gasteiger partial charge in [-0.3, -0.25) is 9.80 Å². The van der Waals surface area contributed by atoms with E-state index in [9.17, 15) is 24.9 Å². The number of alkyl halides is 1. The fourth-order valence-corrected chi connectivity index (χ4v) is 16.7. The lowest BCUT2D eigenvalue weighted by atomic mass is 9.48. The third-order valence-corrected chi connectivity index (χ3v) is 21.2. The molecule has 14 nitrogen and oxygen atoms in total. The number of benzene rings is 2. The quantitative estimate of drug-likeness (QED) is 0.0158. The average molecular weight is 1300 g/mol. The lowest BCUT2D eigenvalue weighted by Crippen LogP contribution is -2.75. The van der Waals surface area contributed by atoms with Crippen molar-refractivity contribution in [2.24, 2.45) is 0 Å². The van der Waals surface area contributed by atoms with Crippen molar-refractivity contribution in [3.05, 3.63) is 70.8 Å². The SMILES string of the molecule is C=C1CC[C@@]2(O)C3Cc4ccc(O)c5c4[C@@]2(CCN3CC)[C@H]1O5.C=C1CC[C@@]2(O)C3Cc4ccc(OCOC(=O)OCCCCCCCCCCCCCC)c5c4[C@@]2(CCN3CC)[C@H]1O5.CCCCCCCCCCCCCCOC(=O)OCI. The third-order valence-electron chi connectivity index (χ3n) is 20.8. The van der Waals surface area contributed by atoms with Gasteiger partial charge in [-0.05, 0) is 147 Å². The number of halogens is 1. The van der Waals surface area contributed by atoms with Crippen LogP contribution in [0.1, 0.15) is 243 Å². The summed E-state index contributed by atoms with van der Waals surface area (Å²) in [6.07, 6.45) is 35.5. The van der Waals surface area contributed by atoms with E-state index in [-0.39, 0.29) is 36.8 Å². The molecule has 15 heteroatoms. The molecular formula is C70H107IN2O12. The number of phenolic OH excluding ortho intramolecular Hbond substituents is 1. The van der Waals surface area contributed by atoms with Gasteiger partial charge in [-0.25, -0.2) is 9.59 Å². The Hall–Kier alpha value is -3.77. The van der Waals surface area contributed by atoms with Gasteiger partial charge < -0.3 is 48.5 Å². The van der Waals surface area contributed by atoms with Crippen LogP contribution in [0.25, 0.3) is 0 Å². The number of likely N-dealkylation sites (tertiary alicyclic amines) is 2. The van der Waals surface area contributed by atoms with Crippen LogP contribution in [0.2, 0.25) is 0 Å². The summed E-state index contributed by atoms with van der Waals surface area (Å²) in [7, 11) is 0. The molecule has 2 aromatic rings. The summed E-state index contributed by atoms with van der Waals surface area (Å²) < 4.78 is 39.2. The molecule has 4 aliphatic carbocycles. The molecule has 476 valence electrons. The van der Waals surface area contributed by atoms with Crippen LogP contribution in [0.4, 0.5) is 9.59 Å². The highest BCUT2D eigenvalue weighted by Gasteiger charge is 2.73. The van der Waals surface area contributed by atoms with Gasteiger partial charge in [0.15, 0.2) is 23.0 Å². The number of phenols is 1. The van der Waals surface area contributed by atoms with Gasteiger partial charge in [-0.2, -0.15) is 0 Å². The first kappa shape index (κ1) is 67.2. The maximum Gasteiger partial charge on any atom is 0.511 e. The number of ether oxygens (including phenoxy) is 7. The summed E-state index contributed by atoms with van der Waals surface area (Å²) in [5.41, 5.74) is 4.09. The van der Waals surface area contributed by atoms with Crippen LogP contribution in [-0.4, -0.2) is 124 Å². The van der Waals surface area contributed by atoms with E-state index in [0.29, 0.717) is 41.5 Å². The number of likely N-dealkylation sites (N-methyl/N-ethyl adjacent to an activating group) is 2. The Morgan fingerprint density at radius 1 is 0.553 bits per heavy atom. The molecule has 0 aromatic heterocycles. The highest BCUT2D eigenvalue weighted by Crippen LogP contribution is 2.68. The van der Waals surface area contributed by atoms with Crippen LogP contribution in [0, 0.1) is 0 Å².